The van der Waals surface area contributed by atoms with Gasteiger partial charge < -0.3 is 9.88 Å². The van der Waals surface area contributed by atoms with Crippen molar-refractivity contribution in [1.29, 1.82) is 0 Å². The Morgan fingerprint density at radius 1 is 1.09 bits per heavy atom. The first-order valence-electron chi connectivity index (χ1n) is 11.8. The van der Waals surface area contributed by atoms with E-state index >= 15 is 0 Å². The number of carbonyl (C=O) groups excluding carboxylic acids is 1. The standard InChI is InChI=1S/C25H28N4O4S2/c1-2-11-29-22-9-8-19(16-23(22)34-25(29)31)35(32,33)28-14-12-27(13-15-28)24(30)10-7-18-17-26-21-6-4-3-5-20(18)21/h3-6,8-9,16-17,26H,2,7,10-15H2,1H3. The number of carbonyl (C=O) groups is 1. The first-order chi connectivity index (χ1) is 16.9. The van der Waals surface area contributed by atoms with Gasteiger partial charge in [-0.05, 0) is 42.7 Å². The summed E-state index contributed by atoms with van der Waals surface area (Å²) >= 11 is 1.07. The number of aryl methyl sites for hydroxylation is 2. The van der Waals surface area contributed by atoms with Crippen molar-refractivity contribution in [3.63, 3.8) is 0 Å². The van der Waals surface area contributed by atoms with Gasteiger partial charge in [0, 0.05) is 56.2 Å². The molecule has 0 radical (unpaired) electrons. The SMILES string of the molecule is CCCn1c(=O)sc2cc(S(=O)(=O)N3CCN(C(=O)CCc4c[nH]c5ccccc45)CC3)ccc21. The Bertz CT molecular complexity index is 1540. The van der Waals surface area contributed by atoms with Gasteiger partial charge in [0.1, 0.15) is 0 Å². The molecule has 10 heteroatoms. The number of para-hydroxylation sites is 1. The molecule has 1 aliphatic rings. The average molecular weight is 513 g/mol. The van der Waals surface area contributed by atoms with Crippen LogP contribution in [0.1, 0.15) is 25.3 Å². The van der Waals surface area contributed by atoms with Gasteiger partial charge >= 0.3 is 4.87 Å². The highest BCUT2D eigenvalue weighted by atomic mass is 32.2. The summed E-state index contributed by atoms with van der Waals surface area (Å²) in [6, 6.07) is 12.9. The third kappa shape index (κ3) is 4.53. The second-order valence-electron chi connectivity index (χ2n) is 8.79. The Morgan fingerprint density at radius 3 is 2.63 bits per heavy atom. The highest BCUT2D eigenvalue weighted by Gasteiger charge is 2.30. The number of sulfonamides is 1. The van der Waals surface area contributed by atoms with Gasteiger partial charge in [0.25, 0.3) is 0 Å². The van der Waals surface area contributed by atoms with Crippen LogP contribution < -0.4 is 4.87 Å². The summed E-state index contributed by atoms with van der Waals surface area (Å²) in [5.74, 6) is 0.0378. The number of fused-ring (bicyclic) bond motifs is 2. The van der Waals surface area contributed by atoms with Crippen LogP contribution >= 0.6 is 11.3 Å². The second kappa shape index (κ2) is 9.60. The molecule has 1 aliphatic heterocycles. The number of amides is 1. The summed E-state index contributed by atoms with van der Waals surface area (Å²) in [6.45, 7) is 3.87. The largest absolute Gasteiger partial charge is 0.361 e. The quantitative estimate of drug-likeness (QED) is 0.410. The van der Waals surface area contributed by atoms with Gasteiger partial charge in [0.05, 0.1) is 15.1 Å². The Hall–Kier alpha value is -2.95. The van der Waals surface area contributed by atoms with E-state index in [4.69, 9.17) is 0 Å². The van der Waals surface area contributed by atoms with Gasteiger partial charge in [0.15, 0.2) is 0 Å². The Balaban J connectivity index is 1.23. The number of piperazine rings is 1. The summed E-state index contributed by atoms with van der Waals surface area (Å²) in [4.78, 5) is 30.2. The molecule has 0 spiro atoms. The van der Waals surface area contributed by atoms with Crippen LogP contribution in [0.15, 0.2) is 58.4 Å². The predicted octanol–water partition coefficient (Wildman–Crippen LogP) is 3.42. The smallest absolute Gasteiger partial charge is 0.308 e. The van der Waals surface area contributed by atoms with Crippen LogP contribution in [0.2, 0.25) is 0 Å². The fourth-order valence-corrected chi connectivity index (χ4v) is 7.19. The van der Waals surface area contributed by atoms with Gasteiger partial charge in [-0.1, -0.05) is 36.5 Å². The number of aromatic nitrogens is 2. The van der Waals surface area contributed by atoms with E-state index < -0.39 is 10.0 Å². The number of nitrogens with zero attached hydrogens (tertiary/aromatic N) is 3. The lowest BCUT2D eigenvalue weighted by molar-refractivity contribution is -0.132. The molecule has 5 rings (SSSR count). The maximum absolute atomic E-state index is 13.3. The molecule has 4 aromatic rings. The lowest BCUT2D eigenvalue weighted by Crippen LogP contribution is -2.50. The van der Waals surface area contributed by atoms with E-state index in [0.717, 1.165) is 39.7 Å². The second-order valence-corrected chi connectivity index (χ2v) is 11.7. The van der Waals surface area contributed by atoms with Gasteiger partial charge in [0.2, 0.25) is 15.9 Å². The normalized spacial score (nSPS) is 15.3. The molecule has 2 aromatic carbocycles. The summed E-state index contributed by atoms with van der Waals surface area (Å²) in [6.07, 6.45) is 3.81. The molecule has 35 heavy (non-hydrogen) atoms. The first kappa shape index (κ1) is 23.8. The highest BCUT2D eigenvalue weighted by molar-refractivity contribution is 7.89. The third-order valence-corrected chi connectivity index (χ3v) is 9.44. The zero-order valence-corrected chi connectivity index (χ0v) is 21.2. The molecule has 0 unspecified atom stereocenters. The number of H-pyrrole nitrogens is 1. The number of benzene rings is 2. The minimum Gasteiger partial charge on any atom is -0.361 e. The minimum atomic E-state index is -3.70. The van der Waals surface area contributed by atoms with E-state index in [0.29, 0.717) is 37.2 Å². The van der Waals surface area contributed by atoms with Crippen molar-refractivity contribution >= 4 is 48.4 Å². The molecule has 8 nitrogen and oxygen atoms in total. The fraction of sp³-hybridized carbons (Fsp3) is 0.360. The highest BCUT2D eigenvalue weighted by Crippen LogP contribution is 2.25. The predicted molar refractivity (Wildman–Crippen MR) is 138 cm³/mol. The summed E-state index contributed by atoms with van der Waals surface area (Å²) < 4.78 is 30.3. The average Bonchev–Trinajstić information content (AvgIpc) is 3.42. The van der Waals surface area contributed by atoms with Crippen LogP contribution in [0.25, 0.3) is 21.1 Å². The molecule has 1 fully saturated rings. The first-order valence-corrected chi connectivity index (χ1v) is 14.1. The molecule has 2 aromatic heterocycles. The lowest BCUT2D eigenvalue weighted by atomic mass is 10.1. The fourth-order valence-electron chi connectivity index (χ4n) is 4.71. The van der Waals surface area contributed by atoms with E-state index in [9.17, 15) is 18.0 Å². The lowest BCUT2D eigenvalue weighted by Gasteiger charge is -2.34. The molecule has 1 saturated heterocycles. The van der Waals surface area contributed by atoms with E-state index in [1.54, 1.807) is 27.7 Å². The van der Waals surface area contributed by atoms with Crippen molar-refractivity contribution in [3.8, 4) is 0 Å². The van der Waals surface area contributed by atoms with Crippen LogP contribution in [0, 0.1) is 0 Å². The summed E-state index contributed by atoms with van der Waals surface area (Å²) in [7, 11) is -3.70. The number of rotatable bonds is 7. The van der Waals surface area contributed by atoms with Crippen LogP contribution in [-0.2, 0) is 27.8 Å². The molecule has 0 aliphatic carbocycles. The Labute approximate surface area is 207 Å². The van der Waals surface area contributed by atoms with Gasteiger partial charge in [-0.2, -0.15) is 4.31 Å². The summed E-state index contributed by atoms with van der Waals surface area (Å²) in [5, 5.41) is 1.13. The maximum atomic E-state index is 13.3. The molecule has 3 heterocycles. The van der Waals surface area contributed by atoms with E-state index in [1.165, 1.54) is 4.31 Å². The Morgan fingerprint density at radius 2 is 1.86 bits per heavy atom. The topological polar surface area (TPSA) is 95.5 Å². The van der Waals surface area contributed by atoms with E-state index in [-0.39, 0.29) is 28.8 Å². The van der Waals surface area contributed by atoms with Crippen LogP contribution in [-0.4, -0.2) is 59.3 Å². The monoisotopic (exact) mass is 512 g/mol. The number of nitrogens with one attached hydrogen (secondary N) is 1. The molecular weight excluding hydrogens is 484 g/mol. The van der Waals surface area contributed by atoms with Crippen molar-refractivity contribution in [2.45, 2.75) is 37.6 Å². The van der Waals surface area contributed by atoms with Crippen molar-refractivity contribution in [2.24, 2.45) is 0 Å². The van der Waals surface area contributed by atoms with Crippen molar-refractivity contribution in [1.82, 2.24) is 18.8 Å². The zero-order chi connectivity index (χ0) is 24.6. The van der Waals surface area contributed by atoms with Gasteiger partial charge in [-0.3, -0.25) is 14.2 Å². The van der Waals surface area contributed by atoms with E-state index in [1.807, 2.05) is 37.4 Å². The zero-order valence-electron chi connectivity index (χ0n) is 19.6. The van der Waals surface area contributed by atoms with Crippen LogP contribution in [0.4, 0.5) is 0 Å². The van der Waals surface area contributed by atoms with Crippen LogP contribution in [0.3, 0.4) is 0 Å². The molecule has 184 valence electrons. The van der Waals surface area contributed by atoms with Crippen LogP contribution in [0.5, 0.6) is 0 Å². The molecule has 0 atom stereocenters. The number of aromatic amines is 1. The van der Waals surface area contributed by atoms with Gasteiger partial charge in [-0.25, -0.2) is 8.42 Å². The van der Waals surface area contributed by atoms with Crippen molar-refractivity contribution < 1.29 is 13.2 Å². The molecule has 1 N–H and O–H groups in total. The minimum absolute atomic E-state index is 0.0378. The van der Waals surface area contributed by atoms with E-state index in [2.05, 4.69) is 4.98 Å². The van der Waals surface area contributed by atoms with Crippen molar-refractivity contribution in [2.75, 3.05) is 26.2 Å². The van der Waals surface area contributed by atoms with Gasteiger partial charge in [-0.15, -0.1) is 0 Å². The molecule has 0 bridgehead atoms. The number of thiazole rings is 1. The summed E-state index contributed by atoms with van der Waals surface area (Å²) in [5.41, 5.74) is 2.94. The third-order valence-electron chi connectivity index (χ3n) is 6.60. The Kier molecular flexibility index (Phi) is 6.52. The maximum Gasteiger partial charge on any atom is 0.308 e. The molecule has 1 amide bonds. The van der Waals surface area contributed by atoms with Crippen molar-refractivity contribution in [3.05, 3.63) is 63.9 Å². The molecule has 0 saturated carbocycles. The number of hydrogen-bond acceptors (Lipinski definition) is 5. The number of hydrogen-bond donors (Lipinski definition) is 1. The molecular formula is C25H28N4O4S2.